The third-order valence-corrected chi connectivity index (χ3v) is 7.37. The molecule has 2 heterocycles. The number of hydrogen-bond donors (Lipinski definition) is 2. The molecular formula is C31H34N4O4. The number of methoxy groups -OCH3 is 2. The molecule has 0 aromatic heterocycles. The van der Waals surface area contributed by atoms with Crippen molar-refractivity contribution in [3.63, 3.8) is 0 Å². The van der Waals surface area contributed by atoms with Gasteiger partial charge in [0.15, 0.2) is 11.5 Å². The molecule has 0 aliphatic carbocycles. The van der Waals surface area contributed by atoms with Crippen molar-refractivity contribution >= 4 is 18.0 Å². The molecule has 3 aromatic rings. The maximum absolute atomic E-state index is 12.9. The van der Waals surface area contributed by atoms with Crippen LogP contribution < -0.4 is 20.2 Å². The van der Waals surface area contributed by atoms with E-state index in [1.165, 1.54) is 5.01 Å². The Labute approximate surface area is 229 Å². The van der Waals surface area contributed by atoms with Crippen molar-refractivity contribution in [1.29, 1.82) is 0 Å². The zero-order valence-corrected chi connectivity index (χ0v) is 22.8. The molecule has 0 radical (unpaired) electrons. The standard InChI is InChI=1S/C31H34N4O4/c1-20-16-25-18-27(38-3)28(39-4)19-26(25)29(33-35(20)31(37)32-2)22-12-10-21(11-13-22)23-8-7-9-24(17-23)30(36)34-14-5-6-15-34/h7-13,16-19,29,33H,5-6,14-15H2,1-4H3,(H,32,37). The molecule has 2 aliphatic rings. The second kappa shape index (κ2) is 11.2. The number of hydrazine groups is 1. The summed E-state index contributed by atoms with van der Waals surface area (Å²) < 4.78 is 11.1. The van der Waals surface area contributed by atoms with Crippen LogP contribution in [0.1, 0.15) is 52.9 Å². The Morgan fingerprint density at radius 1 is 0.923 bits per heavy atom. The molecule has 2 aliphatic heterocycles. The average Bonchev–Trinajstić information content (AvgIpc) is 3.47. The van der Waals surface area contributed by atoms with Crippen LogP contribution in [0, 0.1) is 0 Å². The number of carbonyl (C=O) groups is 2. The highest BCUT2D eigenvalue weighted by Gasteiger charge is 2.28. The van der Waals surface area contributed by atoms with E-state index in [4.69, 9.17) is 9.47 Å². The summed E-state index contributed by atoms with van der Waals surface area (Å²) >= 11 is 0. The fourth-order valence-corrected chi connectivity index (χ4v) is 5.26. The van der Waals surface area contributed by atoms with Crippen LogP contribution in [0.4, 0.5) is 4.79 Å². The number of nitrogens with one attached hydrogen (secondary N) is 2. The maximum Gasteiger partial charge on any atom is 0.335 e. The number of carbonyl (C=O) groups excluding carboxylic acids is 2. The Balaban J connectivity index is 1.51. The molecule has 1 saturated heterocycles. The van der Waals surface area contributed by atoms with Gasteiger partial charge in [0.05, 0.1) is 20.3 Å². The molecular weight excluding hydrogens is 492 g/mol. The van der Waals surface area contributed by atoms with Crippen LogP contribution in [0.15, 0.2) is 66.4 Å². The van der Waals surface area contributed by atoms with E-state index in [1.54, 1.807) is 21.3 Å². The van der Waals surface area contributed by atoms with Gasteiger partial charge in [0.2, 0.25) is 0 Å². The van der Waals surface area contributed by atoms with Gasteiger partial charge in [-0.15, -0.1) is 0 Å². The van der Waals surface area contributed by atoms with E-state index < -0.39 is 0 Å². The van der Waals surface area contributed by atoms with Gasteiger partial charge in [-0.25, -0.2) is 15.2 Å². The second-order valence-corrected chi connectivity index (χ2v) is 9.78. The molecule has 8 nitrogen and oxygen atoms in total. The van der Waals surface area contributed by atoms with Gasteiger partial charge in [-0.05, 0) is 77.9 Å². The van der Waals surface area contributed by atoms with Crippen LogP contribution in [0.2, 0.25) is 0 Å². The molecule has 202 valence electrons. The van der Waals surface area contributed by atoms with Crippen LogP contribution in [-0.2, 0) is 0 Å². The van der Waals surface area contributed by atoms with Crippen molar-refractivity contribution in [2.45, 2.75) is 25.8 Å². The van der Waals surface area contributed by atoms with E-state index in [0.29, 0.717) is 17.1 Å². The molecule has 0 spiro atoms. The van der Waals surface area contributed by atoms with Gasteiger partial charge < -0.3 is 19.7 Å². The first-order valence-corrected chi connectivity index (χ1v) is 13.2. The first-order valence-electron chi connectivity index (χ1n) is 13.2. The van der Waals surface area contributed by atoms with E-state index in [9.17, 15) is 9.59 Å². The summed E-state index contributed by atoms with van der Waals surface area (Å²) in [4.78, 5) is 27.6. The third kappa shape index (κ3) is 5.20. The van der Waals surface area contributed by atoms with Crippen LogP contribution in [0.25, 0.3) is 17.2 Å². The maximum atomic E-state index is 12.9. The molecule has 3 amide bonds. The number of hydrogen-bond acceptors (Lipinski definition) is 5. The molecule has 0 saturated carbocycles. The molecule has 1 atom stereocenters. The normalized spacial score (nSPS) is 16.7. The van der Waals surface area contributed by atoms with E-state index >= 15 is 0 Å². The van der Waals surface area contributed by atoms with Gasteiger partial charge in [-0.2, -0.15) is 0 Å². The molecule has 39 heavy (non-hydrogen) atoms. The fraction of sp³-hybridized carbons (Fsp3) is 0.290. The molecule has 0 bridgehead atoms. The lowest BCUT2D eigenvalue weighted by molar-refractivity contribution is 0.0793. The second-order valence-electron chi connectivity index (χ2n) is 9.78. The van der Waals surface area contributed by atoms with E-state index in [2.05, 4.69) is 10.7 Å². The molecule has 3 aromatic carbocycles. The minimum Gasteiger partial charge on any atom is -0.493 e. The van der Waals surface area contributed by atoms with E-state index in [-0.39, 0.29) is 18.0 Å². The summed E-state index contributed by atoms with van der Waals surface area (Å²) in [6, 6.07) is 19.3. The number of amides is 3. The molecule has 1 unspecified atom stereocenters. The van der Waals surface area contributed by atoms with Crippen molar-refractivity contribution in [1.82, 2.24) is 20.7 Å². The highest BCUT2D eigenvalue weighted by atomic mass is 16.5. The number of benzene rings is 3. The zero-order valence-electron chi connectivity index (χ0n) is 22.8. The van der Waals surface area contributed by atoms with Gasteiger partial charge in [0, 0.05) is 31.4 Å². The number of ether oxygens (including phenoxy) is 2. The van der Waals surface area contributed by atoms with Crippen LogP contribution in [0.5, 0.6) is 11.5 Å². The summed E-state index contributed by atoms with van der Waals surface area (Å²) in [6.45, 7) is 3.53. The fourth-order valence-electron chi connectivity index (χ4n) is 5.26. The Morgan fingerprint density at radius 2 is 1.62 bits per heavy atom. The van der Waals surface area contributed by atoms with Crippen molar-refractivity contribution in [2.24, 2.45) is 0 Å². The van der Waals surface area contributed by atoms with Crippen LogP contribution >= 0.6 is 0 Å². The first-order chi connectivity index (χ1) is 18.9. The number of nitrogens with zero attached hydrogens (tertiary/aromatic N) is 2. The Morgan fingerprint density at radius 3 is 2.28 bits per heavy atom. The summed E-state index contributed by atoms with van der Waals surface area (Å²) in [7, 11) is 4.82. The topological polar surface area (TPSA) is 83.1 Å². The van der Waals surface area contributed by atoms with Gasteiger partial charge in [-0.3, -0.25) is 4.79 Å². The third-order valence-electron chi connectivity index (χ3n) is 7.37. The number of likely N-dealkylation sites (tertiary alicyclic amines) is 1. The van der Waals surface area contributed by atoms with Crippen molar-refractivity contribution in [2.75, 3.05) is 34.4 Å². The highest BCUT2D eigenvalue weighted by molar-refractivity contribution is 5.95. The summed E-state index contributed by atoms with van der Waals surface area (Å²) in [5.74, 6) is 1.32. The monoisotopic (exact) mass is 526 g/mol. The van der Waals surface area contributed by atoms with E-state index in [0.717, 1.165) is 59.4 Å². The highest BCUT2D eigenvalue weighted by Crippen LogP contribution is 2.39. The SMILES string of the molecule is CNC(=O)N1NC(c2ccc(-c3cccc(C(=O)N4CCCC4)c3)cc2)c2cc(OC)c(OC)cc2C=C1C. The Bertz CT molecular complexity index is 1410. The number of urea groups is 1. The lowest BCUT2D eigenvalue weighted by atomic mass is 9.92. The molecule has 1 fully saturated rings. The van der Waals surface area contributed by atoms with Crippen LogP contribution in [-0.4, -0.2) is 56.2 Å². The number of rotatable bonds is 5. The average molecular weight is 527 g/mol. The van der Waals surface area contributed by atoms with Gasteiger partial charge in [0.1, 0.15) is 0 Å². The van der Waals surface area contributed by atoms with Crippen molar-refractivity contribution in [3.05, 3.63) is 88.6 Å². The van der Waals surface area contributed by atoms with E-state index in [1.807, 2.05) is 78.6 Å². The summed E-state index contributed by atoms with van der Waals surface area (Å²) in [6.07, 6.45) is 4.09. The summed E-state index contributed by atoms with van der Waals surface area (Å²) in [5, 5.41) is 4.22. The quantitative estimate of drug-likeness (QED) is 0.477. The van der Waals surface area contributed by atoms with Gasteiger partial charge in [-0.1, -0.05) is 36.4 Å². The number of fused-ring (bicyclic) bond motifs is 1. The predicted molar refractivity (Wildman–Crippen MR) is 151 cm³/mol. The molecule has 2 N–H and O–H groups in total. The van der Waals surface area contributed by atoms with Crippen molar-refractivity contribution in [3.8, 4) is 22.6 Å². The molecule has 5 rings (SSSR count). The smallest absolute Gasteiger partial charge is 0.335 e. The molecule has 8 heteroatoms. The predicted octanol–water partition coefficient (Wildman–Crippen LogP) is 5.22. The Hall–Kier alpha value is -4.30. The van der Waals surface area contributed by atoms with Crippen LogP contribution in [0.3, 0.4) is 0 Å². The minimum atomic E-state index is -0.345. The number of allylic oxidation sites excluding steroid dienone is 1. The summed E-state index contributed by atoms with van der Waals surface area (Å²) in [5.41, 5.74) is 9.67. The van der Waals surface area contributed by atoms with Gasteiger partial charge >= 0.3 is 6.03 Å². The largest absolute Gasteiger partial charge is 0.493 e. The Kier molecular flexibility index (Phi) is 7.56. The van der Waals surface area contributed by atoms with Crippen molar-refractivity contribution < 1.29 is 19.1 Å². The first kappa shape index (κ1) is 26.3. The lowest BCUT2D eigenvalue weighted by Crippen LogP contribution is -2.47. The van der Waals surface area contributed by atoms with Gasteiger partial charge in [0.25, 0.3) is 5.91 Å². The minimum absolute atomic E-state index is 0.0896. The zero-order chi connectivity index (χ0) is 27.5. The lowest BCUT2D eigenvalue weighted by Gasteiger charge is -2.28.